The molecule has 2 atom stereocenters. The summed E-state index contributed by atoms with van der Waals surface area (Å²) in [6.07, 6.45) is 5.68. The van der Waals surface area contributed by atoms with E-state index in [9.17, 15) is 4.79 Å². The second-order valence-corrected chi connectivity index (χ2v) is 5.41. The van der Waals surface area contributed by atoms with Crippen LogP contribution in [0.5, 0.6) is 0 Å². The van der Waals surface area contributed by atoms with E-state index in [1.165, 1.54) is 12.1 Å². The zero-order valence-corrected chi connectivity index (χ0v) is 10.4. The summed E-state index contributed by atoms with van der Waals surface area (Å²) in [5, 5.41) is 12.5. The van der Waals surface area contributed by atoms with Crippen LogP contribution in [0.25, 0.3) is 0 Å². The van der Waals surface area contributed by atoms with Gasteiger partial charge in [-0.05, 0) is 38.3 Å². The average Bonchev–Trinajstić information content (AvgIpc) is 2.99. The van der Waals surface area contributed by atoms with Gasteiger partial charge in [0.1, 0.15) is 5.82 Å². The molecular formula is C13H19N3O2. The smallest absolute Gasteiger partial charge is 0.308 e. The van der Waals surface area contributed by atoms with Crippen LogP contribution in [0.15, 0.2) is 6.20 Å². The first-order chi connectivity index (χ1) is 8.74. The van der Waals surface area contributed by atoms with E-state index < -0.39 is 5.97 Å². The number of carboxylic acids is 1. The predicted molar refractivity (Wildman–Crippen MR) is 66.4 cm³/mol. The lowest BCUT2D eigenvalue weighted by molar-refractivity contribution is -0.142. The van der Waals surface area contributed by atoms with Crippen molar-refractivity contribution in [2.45, 2.75) is 32.2 Å². The molecule has 0 radical (unpaired) electrons. The highest BCUT2D eigenvalue weighted by atomic mass is 16.4. The van der Waals surface area contributed by atoms with Gasteiger partial charge in [-0.15, -0.1) is 0 Å². The van der Waals surface area contributed by atoms with Gasteiger partial charge in [-0.2, -0.15) is 0 Å². The third-order valence-corrected chi connectivity index (χ3v) is 4.16. The fraction of sp³-hybridized carbons (Fsp3) is 0.692. The molecule has 0 aromatic carbocycles. The third-order valence-electron chi connectivity index (χ3n) is 4.16. The first-order valence-electron chi connectivity index (χ1n) is 6.71. The predicted octanol–water partition coefficient (Wildman–Crippen LogP) is 0.682. The number of nitrogens with one attached hydrogen (secondary N) is 1. The van der Waals surface area contributed by atoms with Gasteiger partial charge in [0.2, 0.25) is 0 Å². The number of rotatable bonds is 3. The normalized spacial score (nSPS) is 27.1. The van der Waals surface area contributed by atoms with Crippen LogP contribution >= 0.6 is 0 Å². The van der Waals surface area contributed by atoms with Crippen molar-refractivity contribution in [1.82, 2.24) is 14.9 Å². The minimum absolute atomic E-state index is 0.243. The first-order valence-corrected chi connectivity index (χ1v) is 6.71. The molecule has 2 N–H and O–H groups in total. The van der Waals surface area contributed by atoms with Crippen molar-refractivity contribution in [3.8, 4) is 0 Å². The summed E-state index contributed by atoms with van der Waals surface area (Å²) in [5.74, 6) is 0.807. The van der Waals surface area contributed by atoms with E-state index in [4.69, 9.17) is 5.11 Å². The zero-order chi connectivity index (χ0) is 12.5. The van der Waals surface area contributed by atoms with Crippen molar-refractivity contribution in [2.75, 3.05) is 13.1 Å². The van der Waals surface area contributed by atoms with Crippen molar-refractivity contribution in [3.05, 3.63) is 17.7 Å². The molecule has 0 bridgehead atoms. The SMILES string of the molecule is O=C(O)C1CCc2cnc(CC3CCNC3)n2C1. The van der Waals surface area contributed by atoms with E-state index in [1.54, 1.807) is 0 Å². The zero-order valence-electron chi connectivity index (χ0n) is 10.4. The van der Waals surface area contributed by atoms with Crippen LogP contribution in [0.1, 0.15) is 24.4 Å². The second-order valence-electron chi connectivity index (χ2n) is 5.41. The molecule has 1 aromatic heterocycles. The molecule has 0 spiro atoms. The standard InChI is InChI=1S/C13H19N3O2/c17-13(18)10-1-2-11-7-15-12(16(11)8-10)5-9-3-4-14-6-9/h7,9-10,14H,1-6,8H2,(H,17,18). The lowest BCUT2D eigenvalue weighted by atomic mass is 9.97. The van der Waals surface area contributed by atoms with Gasteiger partial charge in [0, 0.05) is 24.9 Å². The molecule has 18 heavy (non-hydrogen) atoms. The molecule has 3 heterocycles. The fourth-order valence-corrected chi connectivity index (χ4v) is 3.02. The van der Waals surface area contributed by atoms with E-state index in [0.717, 1.165) is 38.2 Å². The van der Waals surface area contributed by atoms with E-state index >= 15 is 0 Å². The Morgan fingerprint density at radius 2 is 2.44 bits per heavy atom. The number of nitrogens with zero attached hydrogens (tertiary/aromatic N) is 2. The summed E-state index contributed by atoms with van der Waals surface area (Å²) in [6, 6.07) is 0. The van der Waals surface area contributed by atoms with Gasteiger partial charge in [0.15, 0.2) is 0 Å². The third kappa shape index (κ3) is 2.14. The van der Waals surface area contributed by atoms with E-state index in [1.807, 2.05) is 6.20 Å². The number of imidazole rings is 1. The summed E-state index contributed by atoms with van der Waals surface area (Å²) in [5.41, 5.74) is 1.20. The van der Waals surface area contributed by atoms with Crippen LogP contribution in [0.3, 0.4) is 0 Å². The van der Waals surface area contributed by atoms with Gasteiger partial charge in [0.25, 0.3) is 0 Å². The highest BCUT2D eigenvalue weighted by Gasteiger charge is 2.27. The molecule has 1 aromatic rings. The number of aliphatic carboxylic acids is 1. The van der Waals surface area contributed by atoms with Gasteiger partial charge < -0.3 is 15.0 Å². The topological polar surface area (TPSA) is 67.2 Å². The molecule has 0 saturated carbocycles. The summed E-state index contributed by atoms with van der Waals surface area (Å²) < 4.78 is 2.14. The molecule has 5 heteroatoms. The minimum atomic E-state index is -0.678. The highest BCUT2D eigenvalue weighted by Crippen LogP contribution is 2.24. The van der Waals surface area contributed by atoms with Gasteiger partial charge in [-0.3, -0.25) is 4.79 Å². The van der Waals surface area contributed by atoms with Crippen LogP contribution < -0.4 is 5.32 Å². The molecule has 2 aliphatic rings. The van der Waals surface area contributed by atoms with Crippen molar-refractivity contribution in [2.24, 2.45) is 11.8 Å². The average molecular weight is 249 g/mol. The summed E-state index contributed by atoms with van der Waals surface area (Å²) in [6.45, 7) is 2.75. The fourth-order valence-electron chi connectivity index (χ4n) is 3.02. The van der Waals surface area contributed by atoms with Gasteiger partial charge in [-0.1, -0.05) is 0 Å². The monoisotopic (exact) mass is 249 g/mol. The maximum absolute atomic E-state index is 11.1. The number of aromatic nitrogens is 2. The van der Waals surface area contributed by atoms with Crippen molar-refractivity contribution >= 4 is 5.97 Å². The van der Waals surface area contributed by atoms with Crippen molar-refractivity contribution in [3.63, 3.8) is 0 Å². The number of carbonyl (C=O) groups is 1. The molecule has 0 amide bonds. The first kappa shape index (κ1) is 11.7. The maximum atomic E-state index is 11.1. The van der Waals surface area contributed by atoms with Crippen molar-refractivity contribution in [1.29, 1.82) is 0 Å². The molecule has 2 unspecified atom stereocenters. The Hall–Kier alpha value is -1.36. The molecule has 3 rings (SSSR count). The van der Waals surface area contributed by atoms with Crippen LogP contribution in [-0.4, -0.2) is 33.7 Å². The van der Waals surface area contributed by atoms with Gasteiger partial charge in [0.05, 0.1) is 5.92 Å². The van der Waals surface area contributed by atoms with Crippen molar-refractivity contribution < 1.29 is 9.90 Å². The molecule has 98 valence electrons. The van der Waals surface area contributed by atoms with E-state index in [2.05, 4.69) is 14.9 Å². The van der Waals surface area contributed by atoms with Crippen LogP contribution in [0.4, 0.5) is 0 Å². The van der Waals surface area contributed by atoms with Crippen LogP contribution in [-0.2, 0) is 24.2 Å². The Morgan fingerprint density at radius 1 is 1.56 bits per heavy atom. The van der Waals surface area contributed by atoms with Gasteiger partial charge >= 0.3 is 5.97 Å². The number of fused-ring (bicyclic) bond motifs is 1. The Bertz CT molecular complexity index is 449. The van der Waals surface area contributed by atoms with Crippen LogP contribution in [0.2, 0.25) is 0 Å². The molecule has 2 aliphatic heterocycles. The Labute approximate surface area is 106 Å². The molecule has 5 nitrogen and oxygen atoms in total. The molecule has 1 saturated heterocycles. The van der Waals surface area contributed by atoms with E-state index in [0.29, 0.717) is 12.5 Å². The number of hydrogen-bond acceptors (Lipinski definition) is 3. The Morgan fingerprint density at radius 3 is 3.17 bits per heavy atom. The Balaban J connectivity index is 1.76. The lowest BCUT2D eigenvalue weighted by Crippen LogP contribution is -2.28. The maximum Gasteiger partial charge on any atom is 0.308 e. The summed E-state index contributed by atoms with van der Waals surface area (Å²) in [7, 11) is 0. The second kappa shape index (κ2) is 4.72. The molecular weight excluding hydrogens is 230 g/mol. The number of hydrogen-bond donors (Lipinski definition) is 2. The van der Waals surface area contributed by atoms with E-state index in [-0.39, 0.29) is 5.92 Å². The summed E-state index contributed by atoms with van der Waals surface area (Å²) in [4.78, 5) is 15.6. The minimum Gasteiger partial charge on any atom is -0.481 e. The number of carboxylic acid groups (broad SMARTS) is 1. The van der Waals surface area contributed by atoms with Gasteiger partial charge in [-0.25, -0.2) is 4.98 Å². The Kier molecular flexibility index (Phi) is 3.07. The highest BCUT2D eigenvalue weighted by molar-refractivity contribution is 5.70. The molecule has 1 fully saturated rings. The summed E-state index contributed by atoms with van der Waals surface area (Å²) >= 11 is 0. The van der Waals surface area contributed by atoms with Crippen LogP contribution in [0, 0.1) is 11.8 Å². The lowest BCUT2D eigenvalue weighted by Gasteiger charge is -2.23. The number of aryl methyl sites for hydroxylation is 1. The molecule has 0 aliphatic carbocycles. The largest absolute Gasteiger partial charge is 0.481 e. The quantitative estimate of drug-likeness (QED) is 0.826.